The lowest BCUT2D eigenvalue weighted by molar-refractivity contribution is -0.148. The third kappa shape index (κ3) is 4.83. The first-order valence-corrected chi connectivity index (χ1v) is 7.74. The Labute approximate surface area is 130 Å². The normalized spacial score (nSPS) is 21.2. The van der Waals surface area contributed by atoms with Crippen LogP contribution in [0.15, 0.2) is 24.3 Å². The number of carbonyl (C=O) groups is 2. The van der Waals surface area contributed by atoms with Crippen LogP contribution in [-0.4, -0.2) is 24.5 Å². The van der Waals surface area contributed by atoms with Crippen LogP contribution in [0, 0.1) is 11.7 Å². The Kier molecular flexibility index (Phi) is 5.92. The zero-order valence-electron chi connectivity index (χ0n) is 12.8. The summed E-state index contributed by atoms with van der Waals surface area (Å²) in [5.74, 6) is -0.885. The van der Waals surface area contributed by atoms with Gasteiger partial charge in [-0.1, -0.05) is 38.0 Å². The number of benzene rings is 1. The number of nitrogens with one attached hydrogen (secondary N) is 1. The fraction of sp³-hybridized carbons (Fsp3) is 0.529. The number of ether oxygens (including phenoxy) is 1. The molecule has 0 aromatic heterocycles. The molecule has 0 bridgehead atoms. The minimum atomic E-state index is -0.600. The number of esters is 1. The van der Waals surface area contributed by atoms with Crippen molar-refractivity contribution in [2.24, 2.45) is 5.92 Å². The van der Waals surface area contributed by atoms with Gasteiger partial charge in [0.1, 0.15) is 5.82 Å². The van der Waals surface area contributed by atoms with Crippen LogP contribution >= 0.6 is 0 Å². The van der Waals surface area contributed by atoms with Gasteiger partial charge < -0.3 is 10.1 Å². The van der Waals surface area contributed by atoms with Crippen molar-refractivity contribution in [3.63, 3.8) is 0 Å². The number of hydrogen-bond donors (Lipinski definition) is 1. The molecule has 2 rings (SSSR count). The molecule has 0 spiro atoms. The molecule has 1 fully saturated rings. The number of hydrogen-bond acceptors (Lipinski definition) is 3. The van der Waals surface area contributed by atoms with E-state index in [0.29, 0.717) is 5.92 Å². The topological polar surface area (TPSA) is 55.4 Å². The van der Waals surface area contributed by atoms with Crippen LogP contribution in [0.1, 0.15) is 38.2 Å². The monoisotopic (exact) mass is 307 g/mol. The first-order chi connectivity index (χ1) is 10.6. The summed E-state index contributed by atoms with van der Waals surface area (Å²) >= 11 is 0. The minimum absolute atomic E-state index is 0.159. The molecule has 22 heavy (non-hydrogen) atoms. The van der Waals surface area contributed by atoms with Gasteiger partial charge in [0.15, 0.2) is 6.61 Å². The molecule has 1 saturated carbocycles. The highest BCUT2D eigenvalue weighted by molar-refractivity contribution is 5.81. The van der Waals surface area contributed by atoms with Gasteiger partial charge in [-0.25, -0.2) is 4.39 Å². The molecule has 120 valence electrons. The molecule has 1 aliphatic rings. The zero-order chi connectivity index (χ0) is 15.9. The van der Waals surface area contributed by atoms with Crippen LogP contribution < -0.4 is 5.32 Å². The van der Waals surface area contributed by atoms with Crippen molar-refractivity contribution in [3.8, 4) is 0 Å². The highest BCUT2D eigenvalue weighted by Crippen LogP contribution is 2.23. The average Bonchev–Trinajstić information content (AvgIpc) is 2.50. The number of amides is 1. The molecule has 0 heterocycles. The molecular formula is C17H22FNO3. The van der Waals surface area contributed by atoms with E-state index in [0.717, 1.165) is 19.3 Å². The van der Waals surface area contributed by atoms with Gasteiger partial charge in [0.25, 0.3) is 5.91 Å². The van der Waals surface area contributed by atoms with Gasteiger partial charge in [-0.15, -0.1) is 0 Å². The van der Waals surface area contributed by atoms with E-state index in [1.54, 1.807) is 12.1 Å². The second-order valence-corrected chi connectivity index (χ2v) is 5.86. The van der Waals surface area contributed by atoms with Crippen molar-refractivity contribution in [2.45, 2.75) is 45.1 Å². The molecule has 1 aromatic rings. The summed E-state index contributed by atoms with van der Waals surface area (Å²) in [5, 5.41) is 2.91. The van der Waals surface area contributed by atoms with E-state index in [9.17, 15) is 14.0 Å². The van der Waals surface area contributed by atoms with Gasteiger partial charge in [-0.3, -0.25) is 9.59 Å². The Balaban J connectivity index is 1.74. The van der Waals surface area contributed by atoms with E-state index in [1.165, 1.54) is 18.6 Å². The van der Waals surface area contributed by atoms with E-state index < -0.39 is 11.8 Å². The van der Waals surface area contributed by atoms with E-state index in [1.807, 2.05) is 0 Å². The lowest BCUT2D eigenvalue weighted by Crippen LogP contribution is -2.43. The van der Waals surface area contributed by atoms with Crippen molar-refractivity contribution in [3.05, 3.63) is 35.6 Å². The molecule has 0 aliphatic heterocycles. The quantitative estimate of drug-likeness (QED) is 0.851. The second kappa shape index (κ2) is 7.92. The summed E-state index contributed by atoms with van der Waals surface area (Å²) in [6, 6.07) is 6.19. The van der Waals surface area contributed by atoms with E-state index >= 15 is 0 Å². The highest BCUT2D eigenvalue weighted by atomic mass is 19.1. The summed E-state index contributed by atoms with van der Waals surface area (Å²) in [4.78, 5) is 23.5. The SMILES string of the molecule is C[C@@H]1CCCC[C@@H]1NC(=O)COC(=O)Cc1ccccc1F. The largest absolute Gasteiger partial charge is 0.455 e. The van der Waals surface area contributed by atoms with Crippen molar-refractivity contribution in [2.75, 3.05) is 6.61 Å². The van der Waals surface area contributed by atoms with Crippen LogP contribution in [0.3, 0.4) is 0 Å². The fourth-order valence-corrected chi connectivity index (χ4v) is 2.77. The van der Waals surface area contributed by atoms with Gasteiger partial charge in [-0.2, -0.15) is 0 Å². The molecule has 0 unspecified atom stereocenters. The minimum Gasteiger partial charge on any atom is -0.455 e. The summed E-state index contributed by atoms with van der Waals surface area (Å²) in [7, 11) is 0. The van der Waals surface area contributed by atoms with Crippen molar-refractivity contribution >= 4 is 11.9 Å². The van der Waals surface area contributed by atoms with Crippen LogP contribution in [0.25, 0.3) is 0 Å². The molecule has 5 heteroatoms. The Bertz CT molecular complexity index is 532. The molecule has 1 aliphatic carbocycles. The Morgan fingerprint density at radius 1 is 1.27 bits per heavy atom. The average molecular weight is 307 g/mol. The zero-order valence-corrected chi connectivity index (χ0v) is 12.8. The molecule has 2 atom stereocenters. The summed E-state index contributed by atoms with van der Waals surface area (Å²) in [6.45, 7) is 1.81. The van der Waals surface area contributed by atoms with Gasteiger partial charge in [0, 0.05) is 6.04 Å². The first-order valence-electron chi connectivity index (χ1n) is 7.74. The Hall–Kier alpha value is -1.91. The van der Waals surface area contributed by atoms with Crippen LogP contribution in [0.5, 0.6) is 0 Å². The maximum atomic E-state index is 13.4. The number of halogens is 1. The van der Waals surface area contributed by atoms with Crippen molar-refractivity contribution in [1.82, 2.24) is 5.32 Å². The maximum Gasteiger partial charge on any atom is 0.310 e. The molecular weight excluding hydrogens is 285 g/mol. The fourth-order valence-electron chi connectivity index (χ4n) is 2.77. The molecule has 1 amide bonds. The Morgan fingerprint density at radius 2 is 2.00 bits per heavy atom. The predicted octanol–water partition coefficient (Wildman–Crippen LogP) is 2.61. The van der Waals surface area contributed by atoms with Gasteiger partial charge in [0.05, 0.1) is 6.42 Å². The first kappa shape index (κ1) is 16.5. The van der Waals surface area contributed by atoms with Crippen LogP contribution in [0.2, 0.25) is 0 Å². The van der Waals surface area contributed by atoms with Crippen molar-refractivity contribution < 1.29 is 18.7 Å². The smallest absolute Gasteiger partial charge is 0.310 e. The maximum absolute atomic E-state index is 13.4. The van der Waals surface area contributed by atoms with E-state index in [4.69, 9.17) is 4.74 Å². The summed E-state index contributed by atoms with van der Waals surface area (Å²) < 4.78 is 18.3. The molecule has 4 nitrogen and oxygen atoms in total. The third-order valence-corrected chi connectivity index (χ3v) is 4.11. The lowest BCUT2D eigenvalue weighted by Gasteiger charge is -2.29. The molecule has 1 aromatic carbocycles. The standard InChI is InChI=1S/C17H22FNO3/c1-12-6-2-5-9-15(12)19-16(20)11-22-17(21)10-13-7-3-4-8-14(13)18/h3-4,7-8,12,15H,2,5-6,9-11H2,1H3,(H,19,20)/t12-,15+/m1/s1. The molecule has 0 saturated heterocycles. The number of rotatable bonds is 5. The lowest BCUT2D eigenvalue weighted by atomic mass is 9.86. The molecule has 0 radical (unpaired) electrons. The van der Waals surface area contributed by atoms with Gasteiger partial charge >= 0.3 is 5.97 Å². The van der Waals surface area contributed by atoms with Gasteiger partial charge in [0.2, 0.25) is 0 Å². The van der Waals surface area contributed by atoms with Crippen LogP contribution in [-0.2, 0) is 20.7 Å². The number of carbonyl (C=O) groups excluding carboxylic acids is 2. The third-order valence-electron chi connectivity index (χ3n) is 4.11. The highest BCUT2D eigenvalue weighted by Gasteiger charge is 2.23. The van der Waals surface area contributed by atoms with Crippen molar-refractivity contribution in [1.29, 1.82) is 0 Å². The second-order valence-electron chi connectivity index (χ2n) is 5.86. The van der Waals surface area contributed by atoms with Gasteiger partial charge in [-0.05, 0) is 30.4 Å². The predicted molar refractivity (Wildman–Crippen MR) is 80.6 cm³/mol. The van der Waals surface area contributed by atoms with E-state index in [2.05, 4.69) is 12.2 Å². The summed E-state index contributed by atoms with van der Waals surface area (Å²) in [6.07, 6.45) is 4.22. The Morgan fingerprint density at radius 3 is 2.73 bits per heavy atom. The van der Waals surface area contributed by atoms with Crippen LogP contribution in [0.4, 0.5) is 4.39 Å². The molecule has 1 N–H and O–H groups in total. The van der Waals surface area contributed by atoms with E-state index in [-0.39, 0.29) is 30.5 Å². The summed E-state index contributed by atoms with van der Waals surface area (Å²) in [5.41, 5.74) is 0.272.